The number of nitrogens with zero attached hydrogens (tertiary/aromatic N) is 3. The first-order valence-electron chi connectivity index (χ1n) is 8.27. The second kappa shape index (κ2) is 7.61. The van der Waals surface area contributed by atoms with Crippen molar-refractivity contribution in [2.75, 3.05) is 6.54 Å². The van der Waals surface area contributed by atoms with Gasteiger partial charge in [0.25, 0.3) is 0 Å². The van der Waals surface area contributed by atoms with Gasteiger partial charge >= 0.3 is 0 Å². The Morgan fingerprint density at radius 1 is 1.46 bits per heavy atom. The number of amides is 2. The number of hydrogen-bond donors (Lipinski definition) is 1. The summed E-state index contributed by atoms with van der Waals surface area (Å²) in [6.07, 6.45) is 5.82. The number of thiophene rings is 1. The minimum Gasteiger partial charge on any atom is -0.349 e. The molecule has 3 heterocycles. The van der Waals surface area contributed by atoms with Gasteiger partial charge in [-0.15, -0.1) is 11.3 Å². The van der Waals surface area contributed by atoms with Crippen molar-refractivity contribution in [1.29, 1.82) is 0 Å². The molecule has 0 radical (unpaired) electrons. The van der Waals surface area contributed by atoms with Crippen LogP contribution in [0.15, 0.2) is 30.0 Å². The van der Waals surface area contributed by atoms with Crippen molar-refractivity contribution in [3.05, 3.63) is 40.6 Å². The van der Waals surface area contributed by atoms with Crippen molar-refractivity contribution in [3.8, 4) is 0 Å². The van der Waals surface area contributed by atoms with Gasteiger partial charge in [-0.25, -0.2) is 4.98 Å². The van der Waals surface area contributed by atoms with Crippen LogP contribution in [0.5, 0.6) is 0 Å². The second-order valence-corrected chi connectivity index (χ2v) is 7.02. The molecule has 7 heteroatoms. The number of carbonyl (C=O) groups excluding carboxylic acids is 2. The van der Waals surface area contributed by atoms with Crippen LogP contribution >= 0.6 is 11.3 Å². The predicted octanol–water partition coefficient (Wildman–Crippen LogP) is 2.33. The molecular formula is C17H22N4O2S. The lowest BCUT2D eigenvalue weighted by molar-refractivity contribution is -0.135. The Bertz CT molecular complexity index is 695. The van der Waals surface area contributed by atoms with Crippen molar-refractivity contribution < 1.29 is 9.59 Å². The minimum atomic E-state index is -0.415. The molecule has 128 valence electrons. The maximum atomic E-state index is 12.6. The van der Waals surface area contributed by atoms with Crippen molar-refractivity contribution in [2.24, 2.45) is 0 Å². The first-order chi connectivity index (χ1) is 11.7. The summed E-state index contributed by atoms with van der Waals surface area (Å²) in [6.45, 7) is 3.51. The van der Waals surface area contributed by atoms with Crippen molar-refractivity contribution in [2.45, 2.75) is 45.3 Å². The monoisotopic (exact) mass is 346 g/mol. The Kier molecular flexibility index (Phi) is 5.30. The van der Waals surface area contributed by atoms with E-state index in [2.05, 4.69) is 17.2 Å². The Morgan fingerprint density at radius 2 is 2.33 bits per heavy atom. The molecule has 0 fully saturated rings. The molecule has 0 aromatic carbocycles. The summed E-state index contributed by atoms with van der Waals surface area (Å²) >= 11 is 1.61. The molecule has 0 saturated carbocycles. The van der Waals surface area contributed by atoms with E-state index in [1.165, 1.54) is 0 Å². The molecule has 0 unspecified atom stereocenters. The van der Waals surface area contributed by atoms with Gasteiger partial charge in [-0.2, -0.15) is 0 Å². The van der Waals surface area contributed by atoms with Gasteiger partial charge in [-0.05, 0) is 17.9 Å². The second-order valence-electron chi connectivity index (χ2n) is 5.98. The zero-order valence-electron chi connectivity index (χ0n) is 13.8. The van der Waals surface area contributed by atoms with Crippen molar-refractivity contribution in [1.82, 2.24) is 19.8 Å². The van der Waals surface area contributed by atoms with E-state index < -0.39 is 6.04 Å². The van der Waals surface area contributed by atoms with Crippen molar-refractivity contribution >= 4 is 23.2 Å². The summed E-state index contributed by atoms with van der Waals surface area (Å²) in [7, 11) is 0. The Labute approximate surface area is 145 Å². The summed E-state index contributed by atoms with van der Waals surface area (Å²) < 4.78 is 1.88. The molecule has 2 aromatic heterocycles. The number of aromatic nitrogens is 2. The fourth-order valence-electron chi connectivity index (χ4n) is 2.88. The van der Waals surface area contributed by atoms with Gasteiger partial charge in [0.15, 0.2) is 0 Å². The molecule has 1 atom stereocenters. The molecule has 3 rings (SSSR count). The highest BCUT2D eigenvalue weighted by molar-refractivity contribution is 7.09. The van der Waals surface area contributed by atoms with Crippen LogP contribution < -0.4 is 5.32 Å². The van der Waals surface area contributed by atoms with E-state index in [1.54, 1.807) is 28.8 Å². The van der Waals surface area contributed by atoms with E-state index in [4.69, 9.17) is 0 Å². The Hall–Kier alpha value is -2.15. The fourth-order valence-corrected chi connectivity index (χ4v) is 3.53. The van der Waals surface area contributed by atoms with E-state index in [1.807, 2.05) is 22.1 Å². The van der Waals surface area contributed by atoms with E-state index in [0.29, 0.717) is 26.1 Å². The van der Waals surface area contributed by atoms with Gasteiger partial charge in [0.1, 0.15) is 6.04 Å². The van der Waals surface area contributed by atoms with Crippen LogP contribution in [0.1, 0.15) is 42.8 Å². The van der Waals surface area contributed by atoms with E-state index >= 15 is 0 Å². The van der Waals surface area contributed by atoms with Crippen LogP contribution in [0.4, 0.5) is 0 Å². The minimum absolute atomic E-state index is 0.0735. The highest BCUT2D eigenvalue weighted by Gasteiger charge is 2.32. The predicted molar refractivity (Wildman–Crippen MR) is 92.4 cm³/mol. The molecule has 0 spiro atoms. The quantitative estimate of drug-likeness (QED) is 0.873. The molecule has 0 saturated heterocycles. The third kappa shape index (κ3) is 3.67. The maximum absolute atomic E-state index is 12.6. The van der Waals surface area contributed by atoms with Gasteiger partial charge in [0.2, 0.25) is 11.8 Å². The highest BCUT2D eigenvalue weighted by atomic mass is 32.1. The number of fused-ring (bicyclic) bond motifs is 1. The average Bonchev–Trinajstić information content (AvgIpc) is 3.27. The van der Waals surface area contributed by atoms with Gasteiger partial charge < -0.3 is 14.8 Å². The zero-order valence-corrected chi connectivity index (χ0v) is 14.6. The molecule has 0 bridgehead atoms. The molecule has 2 amide bonds. The first-order valence-corrected chi connectivity index (χ1v) is 9.15. The molecule has 1 aliphatic heterocycles. The topological polar surface area (TPSA) is 67.2 Å². The average molecular weight is 346 g/mol. The van der Waals surface area contributed by atoms with Crippen LogP contribution in [0, 0.1) is 0 Å². The number of unbranched alkanes of at least 4 members (excludes halogenated alkanes) is 1. The lowest BCUT2D eigenvalue weighted by atomic mass is 10.1. The molecule has 0 aliphatic carbocycles. The Balaban J connectivity index is 1.69. The van der Waals surface area contributed by atoms with Gasteiger partial charge in [-0.3, -0.25) is 9.59 Å². The van der Waals surface area contributed by atoms with Gasteiger partial charge in [-0.1, -0.05) is 19.4 Å². The van der Waals surface area contributed by atoms with Crippen LogP contribution in [0.25, 0.3) is 0 Å². The summed E-state index contributed by atoms with van der Waals surface area (Å²) in [5, 5.41) is 4.96. The van der Waals surface area contributed by atoms with E-state index in [-0.39, 0.29) is 11.8 Å². The van der Waals surface area contributed by atoms with Crippen LogP contribution in [-0.2, 0) is 22.7 Å². The molecule has 6 nitrogen and oxygen atoms in total. The lowest BCUT2D eigenvalue weighted by Crippen LogP contribution is -2.46. The lowest BCUT2D eigenvalue weighted by Gasteiger charge is -2.33. The summed E-state index contributed by atoms with van der Waals surface area (Å²) in [5.41, 5.74) is 0.905. The Morgan fingerprint density at radius 3 is 3.08 bits per heavy atom. The summed E-state index contributed by atoms with van der Waals surface area (Å²) in [4.78, 5) is 32.1. The number of hydrogen-bond acceptors (Lipinski definition) is 4. The van der Waals surface area contributed by atoms with Crippen LogP contribution in [0.3, 0.4) is 0 Å². The SMILES string of the molecule is CCCCC(=O)N1Cc2cncn2[C@@H](C(=O)NCc2cccs2)C1. The number of imidazole rings is 1. The third-order valence-corrected chi connectivity index (χ3v) is 5.12. The largest absolute Gasteiger partial charge is 0.349 e. The normalized spacial score (nSPS) is 16.7. The molecule has 24 heavy (non-hydrogen) atoms. The number of rotatable bonds is 6. The van der Waals surface area contributed by atoms with Gasteiger partial charge in [0, 0.05) is 17.5 Å². The fraction of sp³-hybridized carbons (Fsp3) is 0.471. The molecular weight excluding hydrogens is 324 g/mol. The van der Waals surface area contributed by atoms with Gasteiger partial charge in [0.05, 0.1) is 31.7 Å². The van der Waals surface area contributed by atoms with Crippen LogP contribution in [0.2, 0.25) is 0 Å². The summed E-state index contributed by atoms with van der Waals surface area (Å²) in [5.74, 6) is 0.0380. The number of nitrogens with one attached hydrogen (secondary N) is 1. The van der Waals surface area contributed by atoms with Crippen molar-refractivity contribution in [3.63, 3.8) is 0 Å². The molecule has 1 aliphatic rings. The van der Waals surface area contributed by atoms with Crippen LogP contribution in [-0.4, -0.2) is 32.8 Å². The zero-order chi connectivity index (χ0) is 16.9. The standard InChI is InChI=1S/C17H22N4O2S/c1-2-3-6-16(22)20-10-13-8-18-12-21(13)15(11-20)17(23)19-9-14-5-4-7-24-14/h4-5,7-8,12,15H,2-3,6,9-11H2,1H3,(H,19,23)/t15-/m1/s1. The third-order valence-electron chi connectivity index (χ3n) is 4.24. The first kappa shape index (κ1) is 16.7. The number of carbonyl (C=O) groups is 2. The highest BCUT2D eigenvalue weighted by Crippen LogP contribution is 2.22. The maximum Gasteiger partial charge on any atom is 0.245 e. The van der Waals surface area contributed by atoms with E-state index in [9.17, 15) is 9.59 Å². The summed E-state index contributed by atoms with van der Waals surface area (Å²) in [6, 6.07) is 3.55. The van der Waals surface area contributed by atoms with E-state index in [0.717, 1.165) is 23.4 Å². The smallest absolute Gasteiger partial charge is 0.245 e. The molecule has 1 N–H and O–H groups in total. The molecule has 2 aromatic rings.